The van der Waals surface area contributed by atoms with Crippen molar-refractivity contribution in [3.63, 3.8) is 0 Å². The van der Waals surface area contributed by atoms with Gasteiger partial charge in [-0.15, -0.1) is 11.3 Å². The fourth-order valence-electron chi connectivity index (χ4n) is 4.51. The lowest BCUT2D eigenvalue weighted by Gasteiger charge is -2.27. The number of carboxylic acids is 1. The number of hydrogen-bond acceptors (Lipinski definition) is 7. The normalized spacial score (nSPS) is 11.3. The van der Waals surface area contributed by atoms with Gasteiger partial charge in [-0.3, -0.25) is 19.3 Å². The van der Waals surface area contributed by atoms with E-state index in [1.807, 2.05) is 25.1 Å². The molecule has 0 aliphatic heterocycles. The Balaban J connectivity index is 1.42. The summed E-state index contributed by atoms with van der Waals surface area (Å²) < 4.78 is 5.46. The largest absolute Gasteiger partial charge is 0.495 e. The second kappa shape index (κ2) is 14.3. The highest BCUT2D eigenvalue weighted by Gasteiger charge is 2.26. The molecule has 0 radical (unpaired) electrons. The first-order chi connectivity index (χ1) is 21.1. The number of amides is 4. The van der Waals surface area contributed by atoms with Gasteiger partial charge in [-0.1, -0.05) is 36.4 Å². The van der Waals surface area contributed by atoms with Gasteiger partial charge in [0.1, 0.15) is 11.6 Å². The number of rotatable bonds is 11. The summed E-state index contributed by atoms with van der Waals surface area (Å²) in [6, 6.07) is 18.1. The lowest BCUT2D eigenvalue weighted by molar-refractivity contribution is -0.138. The molecule has 11 nitrogen and oxygen atoms in total. The van der Waals surface area contributed by atoms with Crippen LogP contribution in [0.5, 0.6) is 5.75 Å². The number of carbonyl (C=O) groups excluding carboxylic acids is 3. The third-order valence-electron chi connectivity index (χ3n) is 7.02. The van der Waals surface area contributed by atoms with E-state index in [-0.39, 0.29) is 24.7 Å². The number of para-hydroxylation sites is 1. The summed E-state index contributed by atoms with van der Waals surface area (Å²) in [5, 5.41) is 16.9. The number of ether oxygens (including phenoxy) is 1. The van der Waals surface area contributed by atoms with Crippen molar-refractivity contribution in [2.24, 2.45) is 0 Å². The molecule has 3 N–H and O–H groups in total. The first-order valence-corrected chi connectivity index (χ1v) is 14.5. The SMILES string of the molecule is COc1cc(CC(=O)N(C)c2ccc(C(CC(=O)O)N(C)C(=O)c3cccs3)cn2)ccc1NC(=O)Nc1ccccc1C. The number of likely N-dealkylation sites (N-methyl/N-ethyl adjacent to an activating group) is 1. The minimum Gasteiger partial charge on any atom is -0.495 e. The van der Waals surface area contributed by atoms with Crippen molar-refractivity contribution in [1.82, 2.24) is 9.88 Å². The van der Waals surface area contributed by atoms with Crippen LogP contribution in [-0.2, 0) is 16.0 Å². The molecule has 0 bridgehead atoms. The number of urea groups is 1. The van der Waals surface area contributed by atoms with Crippen molar-refractivity contribution in [3.05, 3.63) is 99.9 Å². The zero-order valence-electron chi connectivity index (χ0n) is 24.7. The fourth-order valence-corrected chi connectivity index (χ4v) is 5.22. The Morgan fingerprint density at radius 2 is 1.73 bits per heavy atom. The molecule has 0 saturated heterocycles. The molecule has 228 valence electrons. The highest BCUT2D eigenvalue weighted by Crippen LogP contribution is 2.28. The quantitative estimate of drug-likeness (QED) is 0.200. The summed E-state index contributed by atoms with van der Waals surface area (Å²) >= 11 is 1.28. The molecule has 4 rings (SSSR count). The number of benzene rings is 2. The number of thiophene rings is 1. The second-order valence-corrected chi connectivity index (χ2v) is 11.0. The number of aromatic nitrogens is 1. The van der Waals surface area contributed by atoms with E-state index in [1.165, 1.54) is 34.4 Å². The average Bonchev–Trinajstić information content (AvgIpc) is 3.56. The number of methoxy groups -OCH3 is 1. The van der Waals surface area contributed by atoms with E-state index in [0.717, 1.165) is 5.56 Å². The predicted molar refractivity (Wildman–Crippen MR) is 170 cm³/mol. The standard InChI is InChI=1S/C32H33N5O6S/c1-20-8-5-6-9-23(20)34-32(42)35-24-13-11-21(16-26(24)43-4)17-29(38)37(3)28-14-12-22(19-33-28)25(18-30(39)40)36(2)31(41)27-10-7-15-44-27/h5-16,19,25H,17-18H2,1-4H3,(H,39,40)(H2,34,35,42). The third-order valence-corrected chi connectivity index (χ3v) is 7.88. The zero-order valence-corrected chi connectivity index (χ0v) is 25.6. The van der Waals surface area contributed by atoms with E-state index >= 15 is 0 Å². The first kappa shape index (κ1) is 31.7. The van der Waals surface area contributed by atoms with Crippen LogP contribution in [0.2, 0.25) is 0 Å². The minimum atomic E-state index is -1.05. The highest BCUT2D eigenvalue weighted by molar-refractivity contribution is 7.12. The van der Waals surface area contributed by atoms with Gasteiger partial charge in [-0.05, 0) is 59.3 Å². The number of carboxylic acid groups (broad SMARTS) is 1. The Hall–Kier alpha value is -5.23. The van der Waals surface area contributed by atoms with E-state index < -0.39 is 18.0 Å². The maximum absolute atomic E-state index is 13.1. The van der Waals surface area contributed by atoms with Crippen LogP contribution in [0.1, 0.15) is 38.8 Å². The van der Waals surface area contributed by atoms with Crippen LogP contribution in [0.4, 0.5) is 22.0 Å². The molecule has 44 heavy (non-hydrogen) atoms. The third kappa shape index (κ3) is 7.78. The molecule has 0 spiro atoms. The van der Waals surface area contributed by atoms with Crippen molar-refractivity contribution < 1.29 is 29.0 Å². The topological polar surface area (TPSA) is 141 Å². The molecule has 2 aromatic carbocycles. The van der Waals surface area contributed by atoms with Crippen LogP contribution in [0.15, 0.2) is 78.3 Å². The molecule has 0 aliphatic carbocycles. The van der Waals surface area contributed by atoms with Crippen LogP contribution in [0.3, 0.4) is 0 Å². The number of pyridine rings is 1. The molecule has 0 fully saturated rings. The first-order valence-electron chi connectivity index (χ1n) is 13.6. The molecule has 0 aliphatic rings. The number of nitrogens with zero attached hydrogens (tertiary/aromatic N) is 3. The van der Waals surface area contributed by atoms with Crippen LogP contribution in [-0.4, -0.2) is 60.0 Å². The Labute approximate surface area is 259 Å². The number of hydrogen-bond donors (Lipinski definition) is 3. The lowest BCUT2D eigenvalue weighted by atomic mass is 10.0. The molecular formula is C32H33N5O6S. The minimum absolute atomic E-state index is 0.0334. The van der Waals surface area contributed by atoms with E-state index in [9.17, 15) is 24.3 Å². The van der Waals surface area contributed by atoms with Crippen molar-refractivity contribution in [1.29, 1.82) is 0 Å². The lowest BCUT2D eigenvalue weighted by Crippen LogP contribution is -2.32. The van der Waals surface area contributed by atoms with Crippen molar-refractivity contribution in [2.45, 2.75) is 25.8 Å². The number of aliphatic carboxylic acids is 1. The molecule has 12 heteroatoms. The molecule has 2 heterocycles. The van der Waals surface area contributed by atoms with Gasteiger partial charge >= 0.3 is 12.0 Å². The summed E-state index contributed by atoms with van der Waals surface area (Å²) in [7, 11) is 4.63. The van der Waals surface area contributed by atoms with Gasteiger partial charge in [0.15, 0.2) is 0 Å². The zero-order chi connectivity index (χ0) is 31.8. The summed E-state index contributed by atoms with van der Waals surface area (Å²) in [6.07, 6.45) is 1.21. The number of aryl methyl sites for hydroxylation is 1. The van der Waals surface area contributed by atoms with Crippen LogP contribution in [0.25, 0.3) is 0 Å². The van der Waals surface area contributed by atoms with Crippen LogP contribution < -0.4 is 20.3 Å². The van der Waals surface area contributed by atoms with E-state index in [2.05, 4.69) is 15.6 Å². The van der Waals surface area contributed by atoms with Gasteiger partial charge in [-0.25, -0.2) is 9.78 Å². The molecule has 1 atom stereocenters. The number of carbonyl (C=O) groups is 4. The monoisotopic (exact) mass is 615 g/mol. The van der Waals surface area contributed by atoms with Gasteiger partial charge in [0.2, 0.25) is 5.91 Å². The van der Waals surface area contributed by atoms with Gasteiger partial charge in [-0.2, -0.15) is 0 Å². The van der Waals surface area contributed by atoms with Gasteiger partial charge in [0.25, 0.3) is 5.91 Å². The Bertz CT molecular complexity index is 1640. The molecule has 0 saturated carbocycles. The van der Waals surface area contributed by atoms with E-state index in [0.29, 0.717) is 38.9 Å². The summed E-state index contributed by atoms with van der Waals surface area (Å²) in [4.78, 5) is 57.9. The van der Waals surface area contributed by atoms with Crippen LogP contribution in [0, 0.1) is 6.92 Å². The maximum atomic E-state index is 13.1. The van der Waals surface area contributed by atoms with E-state index in [1.54, 1.807) is 68.0 Å². The molecule has 4 aromatic rings. The summed E-state index contributed by atoms with van der Waals surface area (Å²) in [6.45, 7) is 1.90. The van der Waals surface area contributed by atoms with E-state index in [4.69, 9.17) is 4.74 Å². The average molecular weight is 616 g/mol. The van der Waals surface area contributed by atoms with Gasteiger partial charge in [0.05, 0.1) is 36.6 Å². The molecule has 1 unspecified atom stereocenters. The Morgan fingerprint density at radius 3 is 2.36 bits per heavy atom. The summed E-state index contributed by atoms with van der Waals surface area (Å²) in [5.41, 5.74) is 3.25. The van der Waals surface area contributed by atoms with Crippen molar-refractivity contribution in [2.75, 3.05) is 36.7 Å². The predicted octanol–water partition coefficient (Wildman–Crippen LogP) is 5.60. The Kier molecular flexibility index (Phi) is 10.3. The van der Waals surface area contributed by atoms with Crippen LogP contribution >= 0.6 is 11.3 Å². The maximum Gasteiger partial charge on any atom is 0.323 e. The van der Waals surface area contributed by atoms with Crippen molar-refractivity contribution >= 4 is 52.3 Å². The Morgan fingerprint density at radius 1 is 0.977 bits per heavy atom. The number of nitrogens with one attached hydrogen (secondary N) is 2. The van der Waals surface area contributed by atoms with Crippen molar-refractivity contribution in [3.8, 4) is 5.75 Å². The summed E-state index contributed by atoms with van der Waals surface area (Å²) in [5.74, 6) is -0.839. The highest BCUT2D eigenvalue weighted by atomic mass is 32.1. The molecular weight excluding hydrogens is 582 g/mol. The smallest absolute Gasteiger partial charge is 0.323 e. The van der Waals surface area contributed by atoms with Gasteiger partial charge < -0.3 is 25.4 Å². The molecule has 2 aromatic heterocycles. The second-order valence-electron chi connectivity index (χ2n) is 10.0. The molecule has 4 amide bonds. The van der Waals surface area contributed by atoms with Gasteiger partial charge in [0, 0.05) is 26.0 Å². The number of anilines is 3. The fraction of sp³-hybridized carbons (Fsp3) is 0.219.